The minimum atomic E-state index is -0.844. The summed E-state index contributed by atoms with van der Waals surface area (Å²) >= 11 is 0. The van der Waals surface area contributed by atoms with Crippen LogP contribution in [0.25, 0.3) is 11.0 Å². The lowest BCUT2D eigenvalue weighted by Crippen LogP contribution is -2.09. The normalized spacial score (nSPS) is 12.9. The molecule has 1 unspecified atom stereocenters. The molecule has 0 aliphatic heterocycles. The molecule has 0 spiro atoms. The smallest absolute Gasteiger partial charge is 0.310 e. The van der Waals surface area contributed by atoms with Crippen molar-refractivity contribution in [3.05, 3.63) is 23.8 Å². The molecule has 78 valence electrons. The molecule has 15 heavy (non-hydrogen) atoms. The van der Waals surface area contributed by atoms with Crippen LogP contribution in [0.5, 0.6) is 0 Å². The Morgan fingerprint density at radius 3 is 2.93 bits per heavy atom. The maximum absolute atomic E-state index is 10.9. The summed E-state index contributed by atoms with van der Waals surface area (Å²) in [6.07, 6.45) is 0. The van der Waals surface area contributed by atoms with E-state index in [2.05, 4.69) is 10.3 Å². The van der Waals surface area contributed by atoms with Gasteiger partial charge in [0.1, 0.15) is 5.52 Å². The Hall–Kier alpha value is -1.91. The van der Waals surface area contributed by atoms with Crippen molar-refractivity contribution < 1.29 is 9.90 Å². The van der Waals surface area contributed by atoms with Crippen LogP contribution in [0.3, 0.4) is 0 Å². The van der Waals surface area contributed by atoms with Crippen LogP contribution in [0.2, 0.25) is 0 Å². The second-order valence-electron chi connectivity index (χ2n) is 3.49. The molecule has 2 aromatic rings. The number of rotatable bonds is 2. The molecule has 5 nitrogen and oxygen atoms in total. The summed E-state index contributed by atoms with van der Waals surface area (Å²) in [5, 5.41) is 16.8. The highest BCUT2D eigenvalue weighted by Crippen LogP contribution is 2.23. The second-order valence-corrected chi connectivity index (χ2v) is 3.49. The van der Waals surface area contributed by atoms with E-state index in [1.54, 1.807) is 30.8 Å². The van der Waals surface area contributed by atoms with E-state index in [-0.39, 0.29) is 0 Å². The quantitative estimate of drug-likeness (QED) is 0.798. The number of hydrogen-bond donors (Lipinski definition) is 1. The van der Waals surface area contributed by atoms with Crippen molar-refractivity contribution >= 4 is 17.0 Å². The molecular formula is C10H11N3O2. The number of aryl methyl sites for hydroxylation is 1. The van der Waals surface area contributed by atoms with Crippen LogP contribution >= 0.6 is 0 Å². The van der Waals surface area contributed by atoms with Crippen LogP contribution < -0.4 is 0 Å². The minimum Gasteiger partial charge on any atom is -0.481 e. The molecule has 0 aliphatic carbocycles. The first kappa shape index (κ1) is 9.64. The van der Waals surface area contributed by atoms with E-state index >= 15 is 0 Å². The number of fused-ring (bicyclic) bond motifs is 1. The van der Waals surface area contributed by atoms with E-state index in [1.807, 2.05) is 6.07 Å². The number of hydrogen-bond acceptors (Lipinski definition) is 3. The zero-order chi connectivity index (χ0) is 11.0. The molecule has 0 amide bonds. The number of benzene rings is 1. The van der Waals surface area contributed by atoms with Gasteiger partial charge in [-0.25, -0.2) is 4.68 Å². The Kier molecular flexibility index (Phi) is 2.15. The average molecular weight is 205 g/mol. The van der Waals surface area contributed by atoms with Gasteiger partial charge in [-0.3, -0.25) is 4.79 Å². The molecule has 0 bridgehead atoms. The molecule has 0 saturated heterocycles. The monoisotopic (exact) mass is 205 g/mol. The van der Waals surface area contributed by atoms with Gasteiger partial charge in [-0.15, -0.1) is 5.10 Å². The SMILES string of the molecule is CC(C(=O)O)c1cccc2nnn(C)c12. The van der Waals surface area contributed by atoms with E-state index in [0.717, 1.165) is 16.6 Å². The average Bonchev–Trinajstić information content (AvgIpc) is 2.59. The van der Waals surface area contributed by atoms with Gasteiger partial charge in [-0.05, 0) is 18.6 Å². The highest BCUT2D eigenvalue weighted by molar-refractivity contribution is 5.85. The van der Waals surface area contributed by atoms with Gasteiger partial charge >= 0.3 is 5.97 Å². The fourth-order valence-corrected chi connectivity index (χ4v) is 1.62. The number of carboxylic acid groups (broad SMARTS) is 1. The third kappa shape index (κ3) is 1.45. The van der Waals surface area contributed by atoms with E-state index in [1.165, 1.54) is 0 Å². The third-order valence-electron chi connectivity index (χ3n) is 2.49. The standard InChI is InChI=1S/C10H11N3O2/c1-6(10(14)15)7-4-3-5-8-9(7)13(2)12-11-8/h3-6H,1-2H3,(H,14,15). The summed E-state index contributed by atoms with van der Waals surface area (Å²) < 4.78 is 1.60. The van der Waals surface area contributed by atoms with Gasteiger partial charge in [-0.2, -0.15) is 0 Å². The van der Waals surface area contributed by atoms with Crippen LogP contribution in [-0.4, -0.2) is 26.1 Å². The summed E-state index contributed by atoms with van der Waals surface area (Å²) in [6, 6.07) is 5.41. The van der Waals surface area contributed by atoms with Gasteiger partial charge in [0.25, 0.3) is 0 Å². The van der Waals surface area contributed by atoms with Crippen molar-refractivity contribution in [3.8, 4) is 0 Å². The first-order chi connectivity index (χ1) is 7.11. The lowest BCUT2D eigenvalue weighted by atomic mass is 10.00. The lowest BCUT2D eigenvalue weighted by Gasteiger charge is -2.08. The van der Waals surface area contributed by atoms with Crippen LogP contribution in [0.4, 0.5) is 0 Å². The lowest BCUT2D eigenvalue weighted by molar-refractivity contribution is -0.138. The van der Waals surface area contributed by atoms with Crippen molar-refractivity contribution in [3.63, 3.8) is 0 Å². The minimum absolute atomic E-state index is 0.550. The largest absolute Gasteiger partial charge is 0.481 e. The van der Waals surface area contributed by atoms with Crippen LogP contribution in [0.15, 0.2) is 18.2 Å². The number of carboxylic acids is 1. The van der Waals surface area contributed by atoms with Gasteiger partial charge < -0.3 is 5.11 Å². The van der Waals surface area contributed by atoms with Crippen LogP contribution in [-0.2, 0) is 11.8 Å². The van der Waals surface area contributed by atoms with Gasteiger partial charge in [0.15, 0.2) is 0 Å². The van der Waals surface area contributed by atoms with Crippen molar-refractivity contribution in [2.75, 3.05) is 0 Å². The van der Waals surface area contributed by atoms with Crippen LogP contribution in [0.1, 0.15) is 18.4 Å². The molecule has 1 N–H and O–H groups in total. The van der Waals surface area contributed by atoms with Crippen molar-refractivity contribution in [1.29, 1.82) is 0 Å². The summed E-state index contributed by atoms with van der Waals surface area (Å²) in [6.45, 7) is 1.66. The first-order valence-electron chi connectivity index (χ1n) is 4.62. The molecule has 0 radical (unpaired) electrons. The number of carbonyl (C=O) groups is 1. The Labute approximate surface area is 86.3 Å². The topological polar surface area (TPSA) is 68.0 Å². The van der Waals surface area contributed by atoms with Crippen molar-refractivity contribution in [1.82, 2.24) is 15.0 Å². The highest BCUT2D eigenvalue weighted by atomic mass is 16.4. The Bertz CT molecular complexity index is 518. The van der Waals surface area contributed by atoms with Gasteiger partial charge in [0, 0.05) is 7.05 Å². The summed E-state index contributed by atoms with van der Waals surface area (Å²) in [5.74, 6) is -1.39. The molecule has 0 saturated carbocycles. The molecule has 1 aromatic carbocycles. The first-order valence-corrected chi connectivity index (χ1v) is 4.62. The molecule has 0 fully saturated rings. The Balaban J connectivity index is 2.69. The van der Waals surface area contributed by atoms with Gasteiger partial charge in [0.05, 0.1) is 11.4 Å². The number of aliphatic carboxylic acids is 1. The van der Waals surface area contributed by atoms with Crippen LogP contribution in [0, 0.1) is 0 Å². The van der Waals surface area contributed by atoms with E-state index in [0.29, 0.717) is 0 Å². The van der Waals surface area contributed by atoms with Gasteiger partial charge in [0.2, 0.25) is 0 Å². The van der Waals surface area contributed by atoms with Gasteiger partial charge in [-0.1, -0.05) is 17.3 Å². The number of nitrogens with zero attached hydrogens (tertiary/aromatic N) is 3. The number of aromatic nitrogens is 3. The van der Waals surface area contributed by atoms with E-state index < -0.39 is 11.9 Å². The van der Waals surface area contributed by atoms with Crippen molar-refractivity contribution in [2.24, 2.45) is 7.05 Å². The Morgan fingerprint density at radius 2 is 2.27 bits per heavy atom. The van der Waals surface area contributed by atoms with Crippen molar-refractivity contribution in [2.45, 2.75) is 12.8 Å². The molecule has 1 heterocycles. The summed E-state index contributed by atoms with van der Waals surface area (Å²) in [7, 11) is 1.76. The fraction of sp³-hybridized carbons (Fsp3) is 0.300. The maximum atomic E-state index is 10.9. The summed E-state index contributed by atoms with van der Waals surface area (Å²) in [4.78, 5) is 10.9. The van der Waals surface area contributed by atoms with E-state index in [4.69, 9.17) is 5.11 Å². The molecule has 0 aliphatic rings. The summed E-state index contributed by atoms with van der Waals surface area (Å²) in [5.41, 5.74) is 2.25. The van der Waals surface area contributed by atoms with E-state index in [9.17, 15) is 4.79 Å². The highest BCUT2D eigenvalue weighted by Gasteiger charge is 2.18. The molecular weight excluding hydrogens is 194 g/mol. The Morgan fingerprint density at radius 1 is 1.53 bits per heavy atom. The number of para-hydroxylation sites is 1. The molecule has 2 rings (SSSR count). The zero-order valence-electron chi connectivity index (χ0n) is 8.51. The molecule has 1 aromatic heterocycles. The zero-order valence-corrected chi connectivity index (χ0v) is 8.51. The predicted molar refractivity (Wildman–Crippen MR) is 54.6 cm³/mol. The molecule has 5 heteroatoms. The second kappa shape index (κ2) is 3.34. The predicted octanol–water partition coefficient (Wildman–Crippen LogP) is 1.16. The third-order valence-corrected chi connectivity index (χ3v) is 2.49. The molecule has 1 atom stereocenters. The fourth-order valence-electron chi connectivity index (χ4n) is 1.62. The maximum Gasteiger partial charge on any atom is 0.310 e.